The second kappa shape index (κ2) is 5.42. The quantitative estimate of drug-likeness (QED) is 0.812. The molecule has 4 bridgehead atoms. The Kier molecular flexibility index (Phi) is 3.62. The fourth-order valence-electron chi connectivity index (χ4n) is 5.80. The largest absolute Gasteiger partial charge is 0.390 e. The summed E-state index contributed by atoms with van der Waals surface area (Å²) in [5.74, 6) is 1.35. The minimum absolute atomic E-state index is 0.0398. The minimum atomic E-state index is -1.08. The molecule has 1 aliphatic heterocycles. The van der Waals surface area contributed by atoms with Crippen LogP contribution in [0.4, 0.5) is 4.39 Å². The predicted molar refractivity (Wildman–Crippen MR) is 80.9 cm³/mol. The van der Waals surface area contributed by atoms with Crippen molar-refractivity contribution >= 4 is 5.91 Å². The standard InChI is InChI=1S/C17H24FN3O2/c18-13-3-14(7-19)21(9-13)15(22)8-20-16-11-1-10-2-12(16)6-17(23,4-10)5-11/h10-14,16,20,23H,1-6,8-9H2/t10?,11?,12?,13-,14-,16?,17?/m0/s1. The Morgan fingerprint density at radius 1 is 1.30 bits per heavy atom. The molecule has 1 heterocycles. The number of carbonyl (C=O) groups is 1. The first-order valence-electron chi connectivity index (χ1n) is 8.76. The zero-order valence-electron chi connectivity index (χ0n) is 13.2. The number of amides is 1. The molecule has 5 fully saturated rings. The maximum Gasteiger partial charge on any atom is 0.237 e. The van der Waals surface area contributed by atoms with E-state index in [9.17, 15) is 14.3 Å². The van der Waals surface area contributed by atoms with Crippen LogP contribution in [0.2, 0.25) is 0 Å². The topological polar surface area (TPSA) is 76.4 Å². The molecule has 0 aromatic carbocycles. The van der Waals surface area contributed by atoms with E-state index in [1.165, 1.54) is 4.90 Å². The number of hydrogen-bond acceptors (Lipinski definition) is 4. The number of halogens is 1. The Bertz CT molecular complexity index is 532. The lowest BCUT2D eigenvalue weighted by Crippen LogP contribution is -2.61. The van der Waals surface area contributed by atoms with Gasteiger partial charge >= 0.3 is 0 Å². The number of nitrogens with zero attached hydrogens (tertiary/aromatic N) is 2. The van der Waals surface area contributed by atoms with Crippen LogP contribution in [0.3, 0.4) is 0 Å². The first-order chi connectivity index (χ1) is 11.0. The van der Waals surface area contributed by atoms with Crippen molar-refractivity contribution in [2.45, 2.75) is 62.4 Å². The van der Waals surface area contributed by atoms with E-state index in [1.54, 1.807) is 0 Å². The van der Waals surface area contributed by atoms with E-state index in [2.05, 4.69) is 5.32 Å². The van der Waals surface area contributed by atoms with Gasteiger partial charge in [-0.25, -0.2) is 4.39 Å². The number of alkyl halides is 1. The van der Waals surface area contributed by atoms with Crippen LogP contribution in [-0.2, 0) is 4.79 Å². The molecule has 0 aromatic heterocycles. The molecule has 1 saturated heterocycles. The van der Waals surface area contributed by atoms with Crippen LogP contribution in [0.1, 0.15) is 38.5 Å². The summed E-state index contributed by atoms with van der Waals surface area (Å²) in [6.07, 6.45) is 3.95. The fraction of sp³-hybridized carbons (Fsp3) is 0.882. The second-order valence-corrected chi connectivity index (χ2v) is 8.12. The summed E-state index contributed by atoms with van der Waals surface area (Å²) < 4.78 is 13.5. The van der Waals surface area contributed by atoms with Gasteiger partial charge in [0.05, 0.1) is 24.8 Å². The van der Waals surface area contributed by atoms with Crippen molar-refractivity contribution in [3.05, 3.63) is 0 Å². The van der Waals surface area contributed by atoms with Gasteiger partial charge in [-0.3, -0.25) is 4.79 Å². The van der Waals surface area contributed by atoms with E-state index < -0.39 is 17.8 Å². The third-order valence-corrected chi connectivity index (χ3v) is 6.45. The molecular weight excluding hydrogens is 297 g/mol. The van der Waals surface area contributed by atoms with Gasteiger partial charge in [-0.05, 0) is 49.9 Å². The Morgan fingerprint density at radius 3 is 2.61 bits per heavy atom. The average molecular weight is 321 g/mol. The van der Waals surface area contributed by atoms with Gasteiger partial charge in [-0.2, -0.15) is 5.26 Å². The van der Waals surface area contributed by atoms with Gasteiger partial charge in [0.15, 0.2) is 0 Å². The molecule has 0 radical (unpaired) electrons. The summed E-state index contributed by atoms with van der Waals surface area (Å²) in [6.45, 7) is 0.212. The van der Waals surface area contributed by atoms with Crippen LogP contribution in [0.15, 0.2) is 0 Å². The molecule has 0 spiro atoms. The van der Waals surface area contributed by atoms with E-state index in [0.717, 1.165) is 32.1 Å². The monoisotopic (exact) mass is 321 g/mol. The van der Waals surface area contributed by atoms with Crippen molar-refractivity contribution in [2.75, 3.05) is 13.1 Å². The van der Waals surface area contributed by atoms with E-state index in [4.69, 9.17) is 5.26 Å². The van der Waals surface area contributed by atoms with Gasteiger partial charge in [0.1, 0.15) is 12.2 Å². The Balaban J connectivity index is 1.37. The Hall–Kier alpha value is -1.19. The summed E-state index contributed by atoms with van der Waals surface area (Å²) in [7, 11) is 0. The normalized spacial score (nSPS) is 47.8. The molecule has 4 atom stereocenters. The van der Waals surface area contributed by atoms with Crippen molar-refractivity contribution in [3.8, 4) is 6.07 Å². The molecule has 5 nitrogen and oxygen atoms in total. The SMILES string of the molecule is N#C[C@@H]1C[C@H](F)CN1C(=O)CNC1C2CC3CC1CC(O)(C3)C2. The predicted octanol–water partition coefficient (Wildman–Crippen LogP) is 0.978. The van der Waals surface area contributed by atoms with Crippen LogP contribution in [-0.4, -0.2) is 52.9 Å². The molecule has 0 aromatic rings. The van der Waals surface area contributed by atoms with Crippen molar-refractivity contribution in [1.29, 1.82) is 5.26 Å². The molecule has 126 valence electrons. The molecular formula is C17H24FN3O2. The number of nitrogens with one attached hydrogen (secondary N) is 1. The number of nitriles is 1. The summed E-state index contributed by atoms with van der Waals surface area (Å²) in [5, 5.41) is 23.0. The summed E-state index contributed by atoms with van der Waals surface area (Å²) in [5.41, 5.74) is -0.471. The van der Waals surface area contributed by atoms with Crippen molar-refractivity contribution in [3.63, 3.8) is 0 Å². The first kappa shape index (κ1) is 15.3. The highest BCUT2D eigenvalue weighted by atomic mass is 19.1. The van der Waals surface area contributed by atoms with Crippen molar-refractivity contribution < 1.29 is 14.3 Å². The van der Waals surface area contributed by atoms with Crippen LogP contribution in [0.5, 0.6) is 0 Å². The first-order valence-corrected chi connectivity index (χ1v) is 8.76. The van der Waals surface area contributed by atoms with Crippen LogP contribution in [0.25, 0.3) is 0 Å². The summed E-state index contributed by atoms with van der Waals surface area (Å²) in [6, 6.07) is 1.68. The lowest BCUT2D eigenvalue weighted by Gasteiger charge is -2.58. The molecule has 4 saturated carbocycles. The highest BCUT2D eigenvalue weighted by Crippen LogP contribution is 2.55. The molecule has 2 N–H and O–H groups in total. The van der Waals surface area contributed by atoms with Gasteiger partial charge in [-0.1, -0.05) is 0 Å². The lowest BCUT2D eigenvalue weighted by atomic mass is 9.52. The summed E-state index contributed by atoms with van der Waals surface area (Å²) >= 11 is 0. The van der Waals surface area contributed by atoms with Gasteiger partial charge < -0.3 is 15.3 Å². The maximum absolute atomic E-state index is 13.5. The third-order valence-electron chi connectivity index (χ3n) is 6.45. The highest BCUT2D eigenvalue weighted by molar-refractivity contribution is 5.79. The fourth-order valence-corrected chi connectivity index (χ4v) is 5.80. The molecule has 6 heteroatoms. The van der Waals surface area contributed by atoms with Gasteiger partial charge in [0.2, 0.25) is 5.91 Å². The zero-order chi connectivity index (χ0) is 16.2. The Labute approximate surface area is 135 Å². The smallest absolute Gasteiger partial charge is 0.237 e. The lowest BCUT2D eigenvalue weighted by molar-refractivity contribution is -0.141. The van der Waals surface area contributed by atoms with E-state index in [-0.39, 0.29) is 31.5 Å². The number of aliphatic hydroxyl groups is 1. The van der Waals surface area contributed by atoms with E-state index >= 15 is 0 Å². The zero-order valence-corrected chi connectivity index (χ0v) is 13.2. The summed E-state index contributed by atoms with van der Waals surface area (Å²) in [4.78, 5) is 13.7. The third kappa shape index (κ3) is 2.64. The maximum atomic E-state index is 13.5. The second-order valence-electron chi connectivity index (χ2n) is 8.12. The minimum Gasteiger partial charge on any atom is -0.390 e. The highest BCUT2D eigenvalue weighted by Gasteiger charge is 2.54. The number of hydrogen-bond donors (Lipinski definition) is 2. The number of carbonyl (C=O) groups excluding carboxylic acids is 1. The van der Waals surface area contributed by atoms with Crippen LogP contribution >= 0.6 is 0 Å². The van der Waals surface area contributed by atoms with E-state index in [0.29, 0.717) is 17.8 Å². The van der Waals surface area contributed by atoms with Crippen molar-refractivity contribution in [2.24, 2.45) is 17.8 Å². The van der Waals surface area contributed by atoms with E-state index in [1.807, 2.05) is 6.07 Å². The number of likely N-dealkylation sites (tertiary alicyclic amines) is 1. The van der Waals surface area contributed by atoms with Gasteiger partial charge in [0, 0.05) is 12.5 Å². The molecule has 23 heavy (non-hydrogen) atoms. The number of rotatable bonds is 3. The molecule has 5 rings (SSSR count). The molecule has 1 amide bonds. The molecule has 5 aliphatic rings. The average Bonchev–Trinajstić information content (AvgIpc) is 2.85. The van der Waals surface area contributed by atoms with Crippen LogP contribution in [0, 0.1) is 29.1 Å². The molecule has 4 aliphatic carbocycles. The van der Waals surface area contributed by atoms with Crippen molar-refractivity contribution in [1.82, 2.24) is 10.2 Å². The Morgan fingerprint density at radius 2 is 2.00 bits per heavy atom. The van der Waals surface area contributed by atoms with Crippen LogP contribution < -0.4 is 5.32 Å². The van der Waals surface area contributed by atoms with Gasteiger partial charge in [0.25, 0.3) is 0 Å². The van der Waals surface area contributed by atoms with Gasteiger partial charge in [-0.15, -0.1) is 0 Å². The molecule has 2 unspecified atom stereocenters.